The van der Waals surface area contributed by atoms with Gasteiger partial charge in [-0.05, 0) is 5.56 Å². The quantitative estimate of drug-likeness (QED) is 0.691. The van der Waals surface area contributed by atoms with Crippen LogP contribution in [-0.4, -0.2) is 26.3 Å². The molecule has 1 aromatic carbocycles. The van der Waals surface area contributed by atoms with Crippen LogP contribution in [0.3, 0.4) is 0 Å². The maximum Gasteiger partial charge on any atom is 0.273 e. The second-order valence-electron chi connectivity index (χ2n) is 3.60. The van der Waals surface area contributed by atoms with Crippen LogP contribution >= 0.6 is 12.2 Å². The summed E-state index contributed by atoms with van der Waals surface area (Å²) in [6.45, 7) is 0.406. The Bertz CT molecular complexity index is 549. The van der Waals surface area contributed by atoms with E-state index in [2.05, 4.69) is 20.7 Å². The third-order valence-electron chi connectivity index (χ3n) is 2.34. The molecule has 6 nitrogen and oxygen atoms in total. The molecular weight excluding hydrogens is 250 g/mol. The lowest BCUT2D eigenvalue weighted by Crippen LogP contribution is -2.23. The van der Waals surface area contributed by atoms with Gasteiger partial charge in [-0.25, -0.2) is 0 Å². The molecule has 0 bridgehead atoms. The summed E-state index contributed by atoms with van der Waals surface area (Å²) >= 11 is 4.85. The van der Waals surface area contributed by atoms with Crippen LogP contribution < -0.4 is 11.1 Å². The zero-order valence-electron chi connectivity index (χ0n) is 9.38. The van der Waals surface area contributed by atoms with Crippen LogP contribution in [0.15, 0.2) is 30.5 Å². The molecule has 0 fully saturated rings. The zero-order chi connectivity index (χ0) is 13.0. The number of amides is 1. The average Bonchev–Trinajstić information content (AvgIpc) is 2.90. The van der Waals surface area contributed by atoms with Gasteiger partial charge in [0.2, 0.25) is 0 Å². The summed E-state index contributed by atoms with van der Waals surface area (Å²) in [7, 11) is 0. The number of carbonyl (C=O) groups excluding carboxylic acids is 1. The minimum absolute atomic E-state index is 0.259. The number of thiocarbonyl (C=S) groups is 1. The highest BCUT2D eigenvalue weighted by atomic mass is 32.1. The van der Waals surface area contributed by atoms with Gasteiger partial charge in [0.15, 0.2) is 5.69 Å². The zero-order valence-corrected chi connectivity index (χ0v) is 10.2. The Morgan fingerprint density at radius 2 is 2.11 bits per heavy atom. The molecule has 1 aromatic heterocycles. The van der Waals surface area contributed by atoms with Crippen molar-refractivity contribution in [2.24, 2.45) is 5.73 Å². The van der Waals surface area contributed by atoms with Crippen LogP contribution in [0.5, 0.6) is 0 Å². The van der Waals surface area contributed by atoms with Crippen molar-refractivity contribution in [1.82, 2.24) is 20.7 Å². The number of nitrogens with zero attached hydrogens (tertiary/aromatic N) is 2. The molecule has 1 amide bonds. The van der Waals surface area contributed by atoms with Crippen molar-refractivity contribution < 1.29 is 4.79 Å². The third kappa shape index (κ3) is 2.89. The standard InChI is InChI=1S/C11H11N5OS/c12-10(18)8-3-1-7(2-4-8)5-13-11(17)9-6-14-16-15-9/h1-4,6H,5H2,(H2,12,18)(H,13,17)(H,14,15,16). The van der Waals surface area contributed by atoms with Crippen molar-refractivity contribution >= 4 is 23.1 Å². The Balaban J connectivity index is 1.94. The number of benzene rings is 1. The number of rotatable bonds is 4. The summed E-state index contributed by atoms with van der Waals surface area (Å²) in [5.41, 5.74) is 7.51. The van der Waals surface area contributed by atoms with E-state index in [9.17, 15) is 4.79 Å². The van der Waals surface area contributed by atoms with E-state index in [-0.39, 0.29) is 11.6 Å². The summed E-state index contributed by atoms with van der Waals surface area (Å²) < 4.78 is 0. The molecule has 92 valence electrons. The molecule has 0 radical (unpaired) electrons. The molecule has 0 aliphatic rings. The molecule has 0 aliphatic heterocycles. The van der Waals surface area contributed by atoms with Crippen LogP contribution in [0.2, 0.25) is 0 Å². The van der Waals surface area contributed by atoms with E-state index in [4.69, 9.17) is 18.0 Å². The van der Waals surface area contributed by atoms with Gasteiger partial charge in [0.05, 0.1) is 6.20 Å². The molecule has 0 saturated heterocycles. The van der Waals surface area contributed by atoms with Crippen molar-refractivity contribution in [3.8, 4) is 0 Å². The molecule has 2 aromatic rings. The number of nitrogens with one attached hydrogen (secondary N) is 2. The Morgan fingerprint density at radius 3 is 2.67 bits per heavy atom. The van der Waals surface area contributed by atoms with Gasteiger partial charge in [0, 0.05) is 12.1 Å². The number of carbonyl (C=O) groups is 1. The van der Waals surface area contributed by atoms with Gasteiger partial charge in [-0.15, -0.1) is 0 Å². The lowest BCUT2D eigenvalue weighted by atomic mass is 10.1. The number of nitrogens with two attached hydrogens (primary N) is 1. The van der Waals surface area contributed by atoms with Crippen LogP contribution in [0, 0.1) is 0 Å². The molecule has 1 heterocycles. The third-order valence-corrected chi connectivity index (χ3v) is 2.57. The number of hydrogen-bond donors (Lipinski definition) is 3. The molecule has 2 rings (SSSR count). The highest BCUT2D eigenvalue weighted by Gasteiger charge is 2.07. The largest absolute Gasteiger partial charge is 0.389 e. The van der Waals surface area contributed by atoms with Crippen LogP contribution in [0.1, 0.15) is 21.6 Å². The predicted molar refractivity (Wildman–Crippen MR) is 69.9 cm³/mol. The summed E-state index contributed by atoms with van der Waals surface area (Å²) in [6, 6.07) is 7.36. The SMILES string of the molecule is NC(=S)c1ccc(CNC(=O)c2cn[nH]n2)cc1. The maximum absolute atomic E-state index is 11.6. The Labute approximate surface area is 109 Å². The first-order valence-electron chi connectivity index (χ1n) is 5.19. The fraction of sp³-hybridized carbons (Fsp3) is 0.0909. The van der Waals surface area contributed by atoms with Crippen molar-refractivity contribution in [3.63, 3.8) is 0 Å². The van der Waals surface area contributed by atoms with Crippen molar-refractivity contribution in [1.29, 1.82) is 0 Å². The summed E-state index contributed by atoms with van der Waals surface area (Å²) in [4.78, 5) is 11.9. The normalized spacial score (nSPS) is 10.0. The number of aromatic nitrogens is 3. The first kappa shape index (κ1) is 12.2. The fourth-order valence-electron chi connectivity index (χ4n) is 1.37. The number of aromatic amines is 1. The predicted octanol–water partition coefficient (Wildman–Crippen LogP) is 0.369. The molecule has 0 aliphatic carbocycles. The molecular formula is C11H11N5OS. The minimum atomic E-state index is -0.276. The van der Waals surface area contributed by atoms with E-state index in [1.165, 1.54) is 6.20 Å². The monoisotopic (exact) mass is 261 g/mol. The fourth-order valence-corrected chi connectivity index (χ4v) is 1.51. The lowest BCUT2D eigenvalue weighted by molar-refractivity contribution is 0.0946. The first-order valence-corrected chi connectivity index (χ1v) is 5.60. The highest BCUT2D eigenvalue weighted by molar-refractivity contribution is 7.80. The number of hydrogen-bond acceptors (Lipinski definition) is 4. The summed E-state index contributed by atoms with van der Waals surface area (Å²) in [6.07, 6.45) is 1.37. The number of H-pyrrole nitrogens is 1. The second kappa shape index (κ2) is 5.37. The molecule has 0 spiro atoms. The van der Waals surface area contributed by atoms with Crippen molar-refractivity contribution in [2.45, 2.75) is 6.54 Å². The van der Waals surface area contributed by atoms with Gasteiger partial charge in [0.1, 0.15) is 4.99 Å². The summed E-state index contributed by atoms with van der Waals surface area (Å²) in [5, 5.41) is 12.4. The summed E-state index contributed by atoms with van der Waals surface area (Å²) in [5.74, 6) is -0.276. The van der Waals surface area contributed by atoms with Crippen LogP contribution in [-0.2, 0) is 6.54 Å². The Hall–Kier alpha value is -2.28. The smallest absolute Gasteiger partial charge is 0.273 e. The molecule has 0 saturated carbocycles. The first-order chi connectivity index (χ1) is 8.66. The minimum Gasteiger partial charge on any atom is -0.389 e. The van der Waals surface area contributed by atoms with Crippen molar-refractivity contribution in [2.75, 3.05) is 0 Å². The molecule has 7 heteroatoms. The van der Waals surface area contributed by atoms with Gasteiger partial charge >= 0.3 is 0 Å². The molecule has 18 heavy (non-hydrogen) atoms. The van der Waals surface area contributed by atoms with Gasteiger partial charge in [-0.1, -0.05) is 36.5 Å². The van der Waals surface area contributed by atoms with Crippen molar-refractivity contribution in [3.05, 3.63) is 47.3 Å². The van der Waals surface area contributed by atoms with E-state index >= 15 is 0 Å². The lowest BCUT2D eigenvalue weighted by Gasteiger charge is -2.04. The van der Waals surface area contributed by atoms with E-state index in [0.29, 0.717) is 11.5 Å². The van der Waals surface area contributed by atoms with Gasteiger partial charge in [-0.3, -0.25) is 4.79 Å². The van der Waals surface area contributed by atoms with Gasteiger partial charge in [-0.2, -0.15) is 15.4 Å². The Morgan fingerprint density at radius 1 is 1.39 bits per heavy atom. The molecule has 4 N–H and O–H groups in total. The van der Waals surface area contributed by atoms with E-state index in [1.807, 2.05) is 24.3 Å². The van der Waals surface area contributed by atoms with E-state index in [0.717, 1.165) is 11.1 Å². The molecule has 0 unspecified atom stereocenters. The Kier molecular flexibility index (Phi) is 3.63. The van der Waals surface area contributed by atoms with E-state index in [1.54, 1.807) is 0 Å². The average molecular weight is 261 g/mol. The van der Waals surface area contributed by atoms with Gasteiger partial charge < -0.3 is 11.1 Å². The highest BCUT2D eigenvalue weighted by Crippen LogP contribution is 2.04. The maximum atomic E-state index is 11.6. The van der Waals surface area contributed by atoms with E-state index < -0.39 is 0 Å². The molecule has 0 atom stereocenters. The second-order valence-corrected chi connectivity index (χ2v) is 4.04. The van der Waals surface area contributed by atoms with Crippen LogP contribution in [0.25, 0.3) is 0 Å². The van der Waals surface area contributed by atoms with Crippen LogP contribution in [0.4, 0.5) is 0 Å². The van der Waals surface area contributed by atoms with Gasteiger partial charge in [0.25, 0.3) is 5.91 Å². The topological polar surface area (TPSA) is 96.7 Å².